The molecule has 0 aliphatic carbocycles. The lowest BCUT2D eigenvalue weighted by molar-refractivity contribution is 0.483. The molecule has 0 saturated heterocycles. The third-order valence-electron chi connectivity index (χ3n) is 17.0. The summed E-state index contributed by atoms with van der Waals surface area (Å²) in [5.74, 6) is 2.50. The minimum atomic E-state index is -0.432. The number of hydrogen-bond donors (Lipinski definition) is 0. The fourth-order valence-electron chi connectivity index (χ4n) is 12.5. The van der Waals surface area contributed by atoms with Crippen molar-refractivity contribution in [3.63, 3.8) is 0 Å². The minimum Gasteiger partial charge on any atom is -0.457 e. The maximum Gasteiger partial charge on any atom is 0.145 e. The SMILES string of the molecule is [2H]c1c([2H])c([2H])c(-c2cccc(-c3cc(C(C)(C)C)cc(C(C)(C)C)c3)c2N2CN(c3cc(Oc4ccc5c6c7oc8ccccc8c7ccc6n(-c6cc(C(C)(C)C)ccn6)c5c4)cc(-c4c(C(C)C)cccc4C(C)C)c3)c3ccccc32)c([2H])c1[2H]. The molecule has 0 bridgehead atoms. The van der Waals surface area contributed by atoms with Crippen LogP contribution in [0, 0.1) is 0 Å². The molecule has 0 N–H and O–H groups in total. The molecule has 0 unspecified atom stereocenters. The van der Waals surface area contributed by atoms with Crippen LogP contribution in [0.2, 0.25) is 0 Å². The van der Waals surface area contributed by atoms with Crippen molar-refractivity contribution >= 4 is 66.5 Å². The number of anilines is 4. The number of furan rings is 1. The van der Waals surface area contributed by atoms with Crippen LogP contribution in [0.15, 0.2) is 205 Å². The maximum absolute atomic E-state index is 9.47. The molecular formula is C78H76N4O2. The number of benzene rings is 9. The van der Waals surface area contributed by atoms with Gasteiger partial charge in [-0.3, -0.25) is 4.57 Å². The molecule has 6 nitrogen and oxygen atoms in total. The Bertz CT molecular complexity index is 4750. The number of para-hydroxylation sites is 4. The van der Waals surface area contributed by atoms with Crippen molar-refractivity contribution in [1.29, 1.82) is 0 Å². The number of rotatable bonds is 10. The van der Waals surface area contributed by atoms with Crippen molar-refractivity contribution in [1.82, 2.24) is 9.55 Å². The summed E-state index contributed by atoms with van der Waals surface area (Å²) in [5.41, 5.74) is 17.2. The van der Waals surface area contributed by atoms with Gasteiger partial charge in [-0.2, -0.15) is 0 Å². The summed E-state index contributed by atoms with van der Waals surface area (Å²) < 4.78 is 61.9. The van der Waals surface area contributed by atoms with E-state index in [1.807, 2.05) is 36.5 Å². The Morgan fingerprint density at radius 3 is 1.82 bits per heavy atom. The number of ether oxygens (including phenoxy) is 1. The van der Waals surface area contributed by atoms with E-state index in [1.165, 1.54) is 33.4 Å². The molecule has 0 saturated carbocycles. The molecule has 0 spiro atoms. The summed E-state index contributed by atoms with van der Waals surface area (Å²) in [5, 5.41) is 4.13. The van der Waals surface area contributed by atoms with Crippen molar-refractivity contribution < 1.29 is 16.0 Å². The van der Waals surface area contributed by atoms with Gasteiger partial charge in [0.15, 0.2) is 0 Å². The molecule has 420 valence electrons. The van der Waals surface area contributed by atoms with E-state index in [0.29, 0.717) is 23.7 Å². The quantitative estimate of drug-likeness (QED) is 0.137. The zero-order valence-corrected chi connectivity index (χ0v) is 50.6. The van der Waals surface area contributed by atoms with E-state index >= 15 is 0 Å². The van der Waals surface area contributed by atoms with Crippen molar-refractivity contribution in [2.24, 2.45) is 0 Å². The highest BCUT2D eigenvalue weighted by molar-refractivity contribution is 6.24. The van der Waals surface area contributed by atoms with Gasteiger partial charge in [0, 0.05) is 51.3 Å². The highest BCUT2D eigenvalue weighted by atomic mass is 16.5. The van der Waals surface area contributed by atoms with Crippen molar-refractivity contribution in [2.75, 3.05) is 16.5 Å². The van der Waals surface area contributed by atoms with Gasteiger partial charge >= 0.3 is 0 Å². The molecule has 6 heteroatoms. The number of nitrogens with zero attached hydrogens (tertiary/aromatic N) is 4. The predicted octanol–water partition coefficient (Wildman–Crippen LogP) is 22.3. The van der Waals surface area contributed by atoms with Gasteiger partial charge in [-0.15, -0.1) is 0 Å². The average Bonchev–Trinajstić information content (AvgIpc) is 1.61. The molecule has 0 fully saturated rings. The van der Waals surface area contributed by atoms with Gasteiger partial charge in [-0.1, -0.05) is 205 Å². The first-order valence-electron chi connectivity index (χ1n) is 32.1. The first kappa shape index (κ1) is 48.6. The zero-order chi connectivity index (χ0) is 62.9. The van der Waals surface area contributed by atoms with E-state index in [4.69, 9.17) is 18.3 Å². The summed E-state index contributed by atoms with van der Waals surface area (Å²) in [6.45, 7) is 29.4. The van der Waals surface area contributed by atoms with E-state index in [9.17, 15) is 2.74 Å². The molecule has 0 radical (unpaired) electrons. The molecule has 1 aliphatic rings. The molecule has 0 amide bonds. The van der Waals surface area contributed by atoms with Gasteiger partial charge in [-0.05, 0) is 145 Å². The van der Waals surface area contributed by atoms with Crippen molar-refractivity contribution in [2.45, 2.75) is 118 Å². The number of aromatic nitrogens is 2. The van der Waals surface area contributed by atoms with Gasteiger partial charge in [0.05, 0.1) is 40.3 Å². The summed E-state index contributed by atoms with van der Waals surface area (Å²) in [6, 6.07) is 56.0. The van der Waals surface area contributed by atoms with Crippen molar-refractivity contribution in [3.8, 4) is 50.7 Å². The summed E-state index contributed by atoms with van der Waals surface area (Å²) in [7, 11) is 0. The maximum atomic E-state index is 9.47. The van der Waals surface area contributed by atoms with E-state index in [2.05, 4.69) is 238 Å². The fourth-order valence-corrected chi connectivity index (χ4v) is 12.5. The van der Waals surface area contributed by atoms with Crippen LogP contribution in [0.5, 0.6) is 11.5 Å². The monoisotopic (exact) mass is 1110 g/mol. The van der Waals surface area contributed by atoms with Crippen LogP contribution in [0.4, 0.5) is 22.7 Å². The smallest absolute Gasteiger partial charge is 0.145 e. The summed E-state index contributed by atoms with van der Waals surface area (Å²) >= 11 is 0. The van der Waals surface area contributed by atoms with Crippen LogP contribution in [0.3, 0.4) is 0 Å². The first-order chi connectivity index (χ1) is 42.3. The fraction of sp³-hybridized carbons (Fsp3) is 0.244. The Kier molecular flexibility index (Phi) is 11.9. The Balaban J connectivity index is 1.03. The number of pyridine rings is 1. The van der Waals surface area contributed by atoms with E-state index in [-0.39, 0.29) is 57.8 Å². The molecule has 3 aromatic heterocycles. The minimum absolute atomic E-state index is 0.125. The van der Waals surface area contributed by atoms with Crippen LogP contribution in [0.1, 0.15) is 137 Å². The number of fused-ring (bicyclic) bond motifs is 8. The van der Waals surface area contributed by atoms with Gasteiger partial charge in [0.25, 0.3) is 0 Å². The van der Waals surface area contributed by atoms with Gasteiger partial charge in [-0.25, -0.2) is 4.98 Å². The highest BCUT2D eigenvalue weighted by Crippen LogP contribution is 2.53. The molecule has 0 atom stereocenters. The second-order valence-corrected chi connectivity index (χ2v) is 26.5. The highest BCUT2D eigenvalue weighted by Gasteiger charge is 2.33. The van der Waals surface area contributed by atoms with E-state index in [1.54, 1.807) is 0 Å². The molecule has 4 heterocycles. The second-order valence-electron chi connectivity index (χ2n) is 26.5. The lowest BCUT2D eigenvalue weighted by Crippen LogP contribution is -2.25. The third kappa shape index (κ3) is 9.60. The topological polar surface area (TPSA) is 46.7 Å². The van der Waals surface area contributed by atoms with Gasteiger partial charge < -0.3 is 19.0 Å². The Labute approximate surface area is 503 Å². The Morgan fingerprint density at radius 1 is 0.512 bits per heavy atom. The zero-order valence-electron chi connectivity index (χ0n) is 55.6. The van der Waals surface area contributed by atoms with Gasteiger partial charge in [0.1, 0.15) is 35.2 Å². The Morgan fingerprint density at radius 2 is 1.14 bits per heavy atom. The van der Waals surface area contributed by atoms with Crippen LogP contribution in [-0.4, -0.2) is 16.2 Å². The summed E-state index contributed by atoms with van der Waals surface area (Å²) in [6.07, 6.45) is 1.90. The molecule has 9 aromatic carbocycles. The van der Waals surface area contributed by atoms with Crippen molar-refractivity contribution in [3.05, 3.63) is 228 Å². The first-order valence-corrected chi connectivity index (χ1v) is 29.6. The molecular weight excluding hydrogens is 1020 g/mol. The van der Waals surface area contributed by atoms with Gasteiger partial charge in [0.2, 0.25) is 0 Å². The normalized spacial score (nSPS) is 14.0. The van der Waals surface area contributed by atoms with Crippen LogP contribution >= 0.6 is 0 Å². The lowest BCUT2D eigenvalue weighted by Gasteiger charge is -2.30. The standard InChI is InChI=1S/C78H76N4O2/c1-48(2)59-26-21-27-60(49(3)4)72(59)52-41-56(80-47-81(67-31-19-18-30-66(67)80)74-61(50-23-15-14-16-24-50)28-22-29-62(74)51-39-54(77(8,9)10)43-55(40-51)78(11,12)13)45-58(42-52)83-57-33-34-65-69(46-57)82(71-44-53(37-38-79-71)76(5,6)7)68-36-35-64-63-25-17-20-32-70(63)84-75(64)73(65)68/h14-46,48-49H,47H2,1-13H3/i14D,15D,16D,23D,24D. The second kappa shape index (κ2) is 20.5. The molecule has 84 heavy (non-hydrogen) atoms. The Hall–Kier alpha value is -8.87. The third-order valence-corrected chi connectivity index (χ3v) is 17.0. The molecule has 12 aromatic rings. The largest absolute Gasteiger partial charge is 0.457 e. The molecule has 1 aliphatic heterocycles. The van der Waals surface area contributed by atoms with E-state index < -0.39 is 6.04 Å². The van der Waals surface area contributed by atoms with Crippen LogP contribution < -0.4 is 14.5 Å². The summed E-state index contributed by atoms with van der Waals surface area (Å²) in [4.78, 5) is 9.64. The molecule has 13 rings (SSSR count). The van der Waals surface area contributed by atoms with E-state index in [0.717, 1.165) is 89.0 Å². The number of hydrogen-bond acceptors (Lipinski definition) is 5. The lowest BCUT2D eigenvalue weighted by atomic mass is 9.78. The van der Waals surface area contributed by atoms with Crippen LogP contribution in [-0.2, 0) is 16.2 Å². The predicted molar refractivity (Wildman–Crippen MR) is 355 cm³/mol. The van der Waals surface area contributed by atoms with Crippen LogP contribution in [0.25, 0.3) is 82.9 Å². The average molecular weight is 1110 g/mol.